The van der Waals surface area contributed by atoms with Crippen LogP contribution in [-0.4, -0.2) is 44.8 Å². The van der Waals surface area contributed by atoms with E-state index in [9.17, 15) is 0 Å². The standard InChI is InChI=1S/C13H25NO3/c1-11(5-8-15-2)14-12-3-6-13(7-4-12)16-9-10-17-13/h11-12,14H,3-10H2,1-2H3. The third-order valence-electron chi connectivity index (χ3n) is 3.84. The first-order valence-electron chi connectivity index (χ1n) is 6.77. The number of hydrogen-bond acceptors (Lipinski definition) is 4. The molecule has 1 saturated heterocycles. The van der Waals surface area contributed by atoms with Gasteiger partial charge in [-0.15, -0.1) is 0 Å². The fourth-order valence-corrected chi connectivity index (χ4v) is 2.79. The van der Waals surface area contributed by atoms with Crippen molar-refractivity contribution < 1.29 is 14.2 Å². The summed E-state index contributed by atoms with van der Waals surface area (Å²) in [5.41, 5.74) is 0. The molecule has 4 heteroatoms. The van der Waals surface area contributed by atoms with E-state index in [2.05, 4.69) is 12.2 Å². The van der Waals surface area contributed by atoms with Crippen LogP contribution in [0.25, 0.3) is 0 Å². The first kappa shape index (κ1) is 13.3. The maximum atomic E-state index is 5.73. The van der Waals surface area contributed by atoms with Crippen molar-refractivity contribution in [3.63, 3.8) is 0 Å². The van der Waals surface area contributed by atoms with Crippen molar-refractivity contribution in [2.24, 2.45) is 0 Å². The molecule has 0 amide bonds. The zero-order chi connectivity index (χ0) is 12.1. The van der Waals surface area contributed by atoms with Gasteiger partial charge in [0.1, 0.15) is 0 Å². The molecule has 0 aromatic carbocycles. The van der Waals surface area contributed by atoms with Crippen molar-refractivity contribution in [2.45, 2.75) is 56.9 Å². The summed E-state index contributed by atoms with van der Waals surface area (Å²) in [5.74, 6) is -0.228. The number of methoxy groups -OCH3 is 1. The van der Waals surface area contributed by atoms with E-state index >= 15 is 0 Å². The van der Waals surface area contributed by atoms with Gasteiger partial charge in [-0.1, -0.05) is 0 Å². The molecule has 1 unspecified atom stereocenters. The van der Waals surface area contributed by atoms with Crippen molar-refractivity contribution in [1.29, 1.82) is 0 Å². The van der Waals surface area contributed by atoms with E-state index in [1.807, 2.05) is 0 Å². The Balaban J connectivity index is 1.68. The number of ether oxygens (including phenoxy) is 3. The first-order chi connectivity index (χ1) is 8.24. The molecule has 1 aliphatic heterocycles. The van der Waals surface area contributed by atoms with E-state index < -0.39 is 0 Å². The largest absolute Gasteiger partial charge is 0.385 e. The average Bonchev–Trinajstić information content (AvgIpc) is 2.79. The van der Waals surface area contributed by atoms with Crippen LogP contribution in [0.2, 0.25) is 0 Å². The Hall–Kier alpha value is -0.160. The Bertz CT molecular complexity index is 219. The van der Waals surface area contributed by atoms with E-state index in [1.165, 1.54) is 0 Å². The molecule has 0 aromatic heterocycles. The van der Waals surface area contributed by atoms with Crippen molar-refractivity contribution in [3.8, 4) is 0 Å². The SMILES string of the molecule is COCCC(C)NC1CCC2(CC1)OCCO2. The van der Waals surface area contributed by atoms with Crippen LogP contribution in [-0.2, 0) is 14.2 Å². The molecule has 17 heavy (non-hydrogen) atoms. The van der Waals surface area contributed by atoms with Crippen LogP contribution >= 0.6 is 0 Å². The minimum Gasteiger partial charge on any atom is -0.385 e. The predicted octanol–water partition coefficient (Wildman–Crippen LogP) is 1.69. The highest BCUT2D eigenvalue weighted by molar-refractivity contribution is 4.86. The van der Waals surface area contributed by atoms with E-state index in [4.69, 9.17) is 14.2 Å². The van der Waals surface area contributed by atoms with Gasteiger partial charge in [-0.2, -0.15) is 0 Å². The van der Waals surface area contributed by atoms with E-state index in [-0.39, 0.29) is 5.79 Å². The lowest BCUT2D eigenvalue weighted by atomic mass is 9.89. The molecule has 1 saturated carbocycles. The molecule has 100 valence electrons. The summed E-state index contributed by atoms with van der Waals surface area (Å²) in [6.45, 7) is 4.59. The Morgan fingerprint density at radius 2 is 1.94 bits per heavy atom. The third-order valence-corrected chi connectivity index (χ3v) is 3.84. The van der Waals surface area contributed by atoms with E-state index in [1.54, 1.807) is 7.11 Å². The molecule has 2 rings (SSSR count). The molecule has 1 aliphatic carbocycles. The highest BCUT2D eigenvalue weighted by Gasteiger charge is 2.40. The molecule has 1 atom stereocenters. The van der Waals surface area contributed by atoms with Crippen LogP contribution in [0.4, 0.5) is 0 Å². The van der Waals surface area contributed by atoms with Gasteiger partial charge in [0.15, 0.2) is 5.79 Å². The zero-order valence-corrected chi connectivity index (χ0v) is 11.0. The lowest BCUT2D eigenvalue weighted by Gasteiger charge is -2.36. The molecule has 2 fully saturated rings. The first-order valence-corrected chi connectivity index (χ1v) is 6.77. The van der Waals surface area contributed by atoms with E-state index in [0.29, 0.717) is 12.1 Å². The molecular weight excluding hydrogens is 218 g/mol. The Kier molecular flexibility index (Phi) is 4.79. The molecule has 1 N–H and O–H groups in total. The molecular formula is C13H25NO3. The predicted molar refractivity (Wildman–Crippen MR) is 66.0 cm³/mol. The average molecular weight is 243 g/mol. The Labute approximate surface area is 104 Å². The fourth-order valence-electron chi connectivity index (χ4n) is 2.79. The zero-order valence-electron chi connectivity index (χ0n) is 11.0. The summed E-state index contributed by atoms with van der Waals surface area (Å²) in [6, 6.07) is 1.14. The summed E-state index contributed by atoms with van der Waals surface area (Å²) < 4.78 is 16.6. The van der Waals surface area contributed by atoms with Crippen molar-refractivity contribution in [1.82, 2.24) is 5.32 Å². The second-order valence-electron chi connectivity index (χ2n) is 5.23. The van der Waals surface area contributed by atoms with Gasteiger partial charge in [0.2, 0.25) is 0 Å². The van der Waals surface area contributed by atoms with Crippen molar-refractivity contribution >= 4 is 0 Å². The smallest absolute Gasteiger partial charge is 0.168 e. The van der Waals surface area contributed by atoms with E-state index in [0.717, 1.165) is 51.9 Å². The summed E-state index contributed by atoms with van der Waals surface area (Å²) in [6.07, 6.45) is 5.43. The van der Waals surface area contributed by atoms with Gasteiger partial charge in [0.25, 0.3) is 0 Å². The lowest BCUT2D eigenvalue weighted by molar-refractivity contribution is -0.179. The Morgan fingerprint density at radius 3 is 2.53 bits per heavy atom. The summed E-state index contributed by atoms with van der Waals surface area (Å²) >= 11 is 0. The Morgan fingerprint density at radius 1 is 1.29 bits per heavy atom. The summed E-state index contributed by atoms with van der Waals surface area (Å²) in [5, 5.41) is 3.67. The lowest BCUT2D eigenvalue weighted by Crippen LogP contribution is -2.44. The highest BCUT2D eigenvalue weighted by Crippen LogP contribution is 2.35. The fraction of sp³-hybridized carbons (Fsp3) is 1.00. The number of rotatable bonds is 5. The van der Waals surface area contributed by atoms with Gasteiger partial charge in [-0.05, 0) is 26.2 Å². The quantitative estimate of drug-likeness (QED) is 0.797. The molecule has 0 bridgehead atoms. The van der Waals surface area contributed by atoms with Gasteiger partial charge in [-0.25, -0.2) is 0 Å². The molecule has 1 heterocycles. The van der Waals surface area contributed by atoms with Gasteiger partial charge in [0, 0.05) is 38.6 Å². The summed E-state index contributed by atoms with van der Waals surface area (Å²) in [4.78, 5) is 0. The van der Waals surface area contributed by atoms with Crippen LogP contribution < -0.4 is 5.32 Å². The van der Waals surface area contributed by atoms with Gasteiger partial charge in [0.05, 0.1) is 13.2 Å². The van der Waals surface area contributed by atoms with Crippen LogP contribution in [0.5, 0.6) is 0 Å². The van der Waals surface area contributed by atoms with Crippen molar-refractivity contribution in [3.05, 3.63) is 0 Å². The minimum absolute atomic E-state index is 0.228. The minimum atomic E-state index is -0.228. The van der Waals surface area contributed by atoms with Crippen LogP contribution in [0.15, 0.2) is 0 Å². The van der Waals surface area contributed by atoms with Gasteiger partial charge < -0.3 is 19.5 Å². The highest BCUT2D eigenvalue weighted by atomic mass is 16.7. The van der Waals surface area contributed by atoms with Gasteiger partial charge in [-0.3, -0.25) is 0 Å². The topological polar surface area (TPSA) is 39.7 Å². The normalized spacial score (nSPS) is 26.5. The molecule has 2 aliphatic rings. The van der Waals surface area contributed by atoms with Gasteiger partial charge >= 0.3 is 0 Å². The monoisotopic (exact) mass is 243 g/mol. The van der Waals surface area contributed by atoms with Crippen LogP contribution in [0, 0.1) is 0 Å². The maximum absolute atomic E-state index is 5.73. The third kappa shape index (κ3) is 3.65. The maximum Gasteiger partial charge on any atom is 0.168 e. The molecule has 1 spiro atoms. The second-order valence-corrected chi connectivity index (χ2v) is 5.23. The van der Waals surface area contributed by atoms with Crippen LogP contribution in [0.3, 0.4) is 0 Å². The molecule has 0 aromatic rings. The van der Waals surface area contributed by atoms with Crippen molar-refractivity contribution in [2.75, 3.05) is 26.9 Å². The summed E-state index contributed by atoms with van der Waals surface area (Å²) in [7, 11) is 1.76. The molecule has 4 nitrogen and oxygen atoms in total. The number of hydrogen-bond donors (Lipinski definition) is 1. The molecule has 0 radical (unpaired) electrons. The second kappa shape index (κ2) is 6.14. The van der Waals surface area contributed by atoms with Crippen LogP contribution in [0.1, 0.15) is 39.0 Å². The number of nitrogens with one attached hydrogen (secondary N) is 1.